The average Bonchev–Trinajstić information content (AvgIpc) is 2.44. The van der Waals surface area contributed by atoms with Gasteiger partial charge in [-0.2, -0.15) is 0 Å². The van der Waals surface area contributed by atoms with Crippen LogP contribution in [0.5, 0.6) is 0 Å². The Hall–Kier alpha value is -2.35. The number of rotatable bonds is 7. The standard InChI is InChI=1S/C16H20FNO3/c1-6-13(17)10-9-11(4)14(7-2)15(18-12(5)19)16(20)21-8-3/h2,6,9-10,14-15H,4,8H2,1,3,5H3,(H,18,19)/b10-9-,13-6+/t14-,15-/m0/s1. The predicted octanol–water partition coefficient (Wildman–Crippen LogP) is 2.29. The van der Waals surface area contributed by atoms with Crippen molar-refractivity contribution >= 4 is 11.9 Å². The van der Waals surface area contributed by atoms with Crippen LogP contribution < -0.4 is 5.32 Å². The quantitative estimate of drug-likeness (QED) is 0.445. The van der Waals surface area contributed by atoms with Gasteiger partial charge in [0.25, 0.3) is 0 Å². The van der Waals surface area contributed by atoms with Gasteiger partial charge in [-0.25, -0.2) is 9.18 Å². The summed E-state index contributed by atoms with van der Waals surface area (Å²) >= 11 is 0. The van der Waals surface area contributed by atoms with E-state index < -0.39 is 29.7 Å². The van der Waals surface area contributed by atoms with E-state index >= 15 is 0 Å². The normalized spacial score (nSPS) is 14.1. The highest BCUT2D eigenvalue weighted by molar-refractivity contribution is 5.84. The van der Waals surface area contributed by atoms with Crippen molar-refractivity contribution in [2.24, 2.45) is 5.92 Å². The van der Waals surface area contributed by atoms with E-state index in [1.54, 1.807) is 13.8 Å². The second kappa shape index (κ2) is 9.54. The van der Waals surface area contributed by atoms with Crippen molar-refractivity contribution in [1.82, 2.24) is 5.32 Å². The number of esters is 1. The third-order valence-corrected chi connectivity index (χ3v) is 2.54. The molecule has 114 valence electrons. The first-order valence-corrected chi connectivity index (χ1v) is 6.45. The van der Waals surface area contributed by atoms with E-state index in [4.69, 9.17) is 11.2 Å². The van der Waals surface area contributed by atoms with Gasteiger partial charge in [0.05, 0.1) is 12.5 Å². The van der Waals surface area contributed by atoms with Gasteiger partial charge < -0.3 is 10.1 Å². The molecule has 0 aliphatic rings. The molecule has 0 aliphatic heterocycles. The Morgan fingerprint density at radius 3 is 2.52 bits per heavy atom. The van der Waals surface area contributed by atoms with Crippen molar-refractivity contribution in [3.05, 3.63) is 36.2 Å². The molecule has 4 nitrogen and oxygen atoms in total. The number of allylic oxidation sites excluding steroid dienone is 4. The Morgan fingerprint density at radius 2 is 2.10 bits per heavy atom. The van der Waals surface area contributed by atoms with Crippen LogP contribution in [0.2, 0.25) is 0 Å². The molecule has 0 saturated carbocycles. The fourth-order valence-electron chi connectivity index (χ4n) is 1.53. The smallest absolute Gasteiger partial charge is 0.330 e. The van der Waals surface area contributed by atoms with Crippen LogP contribution in [0, 0.1) is 18.3 Å². The van der Waals surface area contributed by atoms with Gasteiger partial charge in [-0.3, -0.25) is 4.79 Å². The lowest BCUT2D eigenvalue weighted by Gasteiger charge is -2.22. The van der Waals surface area contributed by atoms with Gasteiger partial charge in [-0.05, 0) is 25.5 Å². The number of amides is 1. The molecule has 2 atom stereocenters. The fraction of sp³-hybridized carbons (Fsp3) is 0.375. The molecule has 0 rings (SSSR count). The maximum atomic E-state index is 13.1. The van der Waals surface area contributed by atoms with Crippen molar-refractivity contribution in [1.29, 1.82) is 0 Å². The summed E-state index contributed by atoms with van der Waals surface area (Å²) in [6.07, 6.45) is 9.23. The van der Waals surface area contributed by atoms with Crippen LogP contribution in [-0.2, 0) is 14.3 Å². The zero-order valence-electron chi connectivity index (χ0n) is 12.5. The summed E-state index contributed by atoms with van der Waals surface area (Å²) < 4.78 is 18.0. The zero-order chi connectivity index (χ0) is 16.4. The third kappa shape index (κ3) is 6.57. The molecule has 5 heteroatoms. The molecule has 1 N–H and O–H groups in total. The van der Waals surface area contributed by atoms with Crippen molar-refractivity contribution in [3.8, 4) is 12.3 Å². The molecule has 1 amide bonds. The number of ether oxygens (including phenoxy) is 1. The molecular weight excluding hydrogens is 273 g/mol. The Balaban J connectivity index is 5.27. The van der Waals surface area contributed by atoms with Crippen LogP contribution in [-0.4, -0.2) is 24.5 Å². The van der Waals surface area contributed by atoms with Crippen LogP contribution in [0.15, 0.2) is 36.2 Å². The van der Waals surface area contributed by atoms with Gasteiger partial charge in [-0.1, -0.05) is 24.7 Å². The van der Waals surface area contributed by atoms with E-state index in [0.717, 1.165) is 0 Å². The highest BCUT2D eigenvalue weighted by Gasteiger charge is 2.30. The van der Waals surface area contributed by atoms with E-state index in [2.05, 4.69) is 17.8 Å². The molecule has 0 unspecified atom stereocenters. The number of carbonyl (C=O) groups is 2. The minimum absolute atomic E-state index is 0.154. The summed E-state index contributed by atoms with van der Waals surface area (Å²) in [5.41, 5.74) is 0.321. The lowest BCUT2D eigenvalue weighted by Crippen LogP contribution is -2.46. The Morgan fingerprint density at radius 1 is 1.48 bits per heavy atom. The van der Waals surface area contributed by atoms with E-state index in [1.807, 2.05) is 0 Å². The molecule has 0 aromatic heterocycles. The molecule has 0 heterocycles. The van der Waals surface area contributed by atoms with Gasteiger partial charge in [0.1, 0.15) is 11.9 Å². The minimum Gasteiger partial charge on any atom is -0.464 e. The predicted molar refractivity (Wildman–Crippen MR) is 79.7 cm³/mol. The van der Waals surface area contributed by atoms with E-state index in [9.17, 15) is 14.0 Å². The first-order valence-electron chi connectivity index (χ1n) is 6.45. The van der Waals surface area contributed by atoms with Crippen LogP contribution in [0.4, 0.5) is 4.39 Å². The maximum Gasteiger partial charge on any atom is 0.330 e. The van der Waals surface area contributed by atoms with E-state index in [-0.39, 0.29) is 6.61 Å². The Kier molecular flexibility index (Phi) is 8.47. The topological polar surface area (TPSA) is 55.4 Å². The number of terminal acetylenes is 1. The van der Waals surface area contributed by atoms with Crippen molar-refractivity contribution in [3.63, 3.8) is 0 Å². The number of halogens is 1. The first-order chi connectivity index (χ1) is 9.87. The molecule has 0 aliphatic carbocycles. The second-order valence-electron chi connectivity index (χ2n) is 4.16. The SMILES string of the molecule is C#C[C@@H](C(=C)/C=C\C(F)=C/C)[C@H](NC(C)=O)C(=O)OCC. The highest BCUT2D eigenvalue weighted by Crippen LogP contribution is 2.17. The summed E-state index contributed by atoms with van der Waals surface area (Å²) in [7, 11) is 0. The fourth-order valence-corrected chi connectivity index (χ4v) is 1.53. The van der Waals surface area contributed by atoms with Crippen molar-refractivity contribution < 1.29 is 18.7 Å². The van der Waals surface area contributed by atoms with Crippen LogP contribution in [0.25, 0.3) is 0 Å². The number of carbonyl (C=O) groups excluding carboxylic acids is 2. The lowest BCUT2D eigenvalue weighted by atomic mass is 9.92. The maximum absolute atomic E-state index is 13.1. The Labute approximate surface area is 124 Å². The molecular formula is C16H20FNO3. The van der Waals surface area contributed by atoms with Crippen LogP contribution in [0.3, 0.4) is 0 Å². The summed E-state index contributed by atoms with van der Waals surface area (Å²) in [5.74, 6) is 0.0138. The Bertz CT molecular complexity index is 500. The monoisotopic (exact) mass is 293 g/mol. The third-order valence-electron chi connectivity index (χ3n) is 2.54. The first kappa shape index (κ1) is 18.7. The lowest BCUT2D eigenvalue weighted by molar-refractivity contribution is -0.147. The molecule has 0 bridgehead atoms. The molecule has 0 radical (unpaired) electrons. The minimum atomic E-state index is -1.06. The van der Waals surface area contributed by atoms with Crippen molar-refractivity contribution in [2.45, 2.75) is 26.8 Å². The van der Waals surface area contributed by atoms with E-state index in [1.165, 1.54) is 25.2 Å². The van der Waals surface area contributed by atoms with Crippen molar-refractivity contribution in [2.75, 3.05) is 6.61 Å². The molecule has 0 fully saturated rings. The summed E-state index contributed by atoms with van der Waals surface area (Å²) in [6, 6.07) is -1.06. The largest absolute Gasteiger partial charge is 0.464 e. The highest BCUT2D eigenvalue weighted by atomic mass is 19.1. The summed E-state index contributed by atoms with van der Waals surface area (Å²) in [6.45, 7) is 8.32. The average molecular weight is 293 g/mol. The van der Waals surface area contributed by atoms with Gasteiger partial charge in [0.2, 0.25) is 5.91 Å². The summed E-state index contributed by atoms with van der Waals surface area (Å²) in [5, 5.41) is 2.44. The van der Waals surface area contributed by atoms with Crippen LogP contribution in [0.1, 0.15) is 20.8 Å². The zero-order valence-corrected chi connectivity index (χ0v) is 12.5. The number of hydrogen-bond acceptors (Lipinski definition) is 3. The molecule has 0 spiro atoms. The summed E-state index contributed by atoms with van der Waals surface area (Å²) in [4.78, 5) is 23.1. The van der Waals surface area contributed by atoms with E-state index in [0.29, 0.717) is 5.57 Å². The molecule has 0 aromatic carbocycles. The second-order valence-corrected chi connectivity index (χ2v) is 4.16. The van der Waals surface area contributed by atoms with Gasteiger partial charge in [-0.15, -0.1) is 6.42 Å². The van der Waals surface area contributed by atoms with Gasteiger partial charge in [0, 0.05) is 6.92 Å². The number of nitrogens with one attached hydrogen (secondary N) is 1. The number of hydrogen-bond donors (Lipinski definition) is 1. The van der Waals surface area contributed by atoms with Gasteiger partial charge in [0.15, 0.2) is 0 Å². The molecule has 21 heavy (non-hydrogen) atoms. The van der Waals surface area contributed by atoms with Gasteiger partial charge >= 0.3 is 5.97 Å². The molecule has 0 aromatic rings. The molecule has 0 saturated heterocycles. The van der Waals surface area contributed by atoms with Crippen LogP contribution >= 0.6 is 0 Å².